The fourth-order valence-corrected chi connectivity index (χ4v) is 3.28. The molecule has 0 aliphatic heterocycles. The SMILES string of the molecule is CN=C(NCCS(=O)C(C)(C)C)NCc1sccc1C.I. The lowest BCUT2D eigenvalue weighted by Crippen LogP contribution is -2.40. The monoisotopic (exact) mass is 443 g/mol. The fraction of sp³-hybridized carbons (Fsp3) is 0.643. The topological polar surface area (TPSA) is 53.5 Å². The van der Waals surface area contributed by atoms with Crippen molar-refractivity contribution in [3.05, 3.63) is 21.9 Å². The first-order valence-corrected chi connectivity index (χ1v) is 8.90. The van der Waals surface area contributed by atoms with Crippen molar-refractivity contribution in [2.24, 2.45) is 4.99 Å². The second-order valence-corrected chi connectivity index (χ2v) is 8.87. The summed E-state index contributed by atoms with van der Waals surface area (Å²) in [5.74, 6) is 1.38. The lowest BCUT2D eigenvalue weighted by atomic mass is 10.3. The van der Waals surface area contributed by atoms with Crippen molar-refractivity contribution >= 4 is 52.1 Å². The van der Waals surface area contributed by atoms with Crippen molar-refractivity contribution in [1.29, 1.82) is 0 Å². The van der Waals surface area contributed by atoms with Crippen molar-refractivity contribution in [2.45, 2.75) is 39.0 Å². The molecule has 0 radical (unpaired) electrons. The molecule has 1 unspecified atom stereocenters. The summed E-state index contributed by atoms with van der Waals surface area (Å²) in [6.07, 6.45) is 0. The Labute approximate surface area is 151 Å². The van der Waals surface area contributed by atoms with Crippen LogP contribution >= 0.6 is 35.3 Å². The average Bonchev–Trinajstić information content (AvgIpc) is 2.77. The predicted molar refractivity (Wildman–Crippen MR) is 105 cm³/mol. The van der Waals surface area contributed by atoms with Gasteiger partial charge in [-0.25, -0.2) is 0 Å². The van der Waals surface area contributed by atoms with Gasteiger partial charge in [-0.15, -0.1) is 35.3 Å². The lowest BCUT2D eigenvalue weighted by molar-refractivity contribution is 0.647. The summed E-state index contributed by atoms with van der Waals surface area (Å²) in [4.78, 5) is 5.49. The van der Waals surface area contributed by atoms with E-state index in [9.17, 15) is 4.21 Å². The quantitative estimate of drug-likeness (QED) is 0.418. The number of aliphatic imine (C=N–C) groups is 1. The van der Waals surface area contributed by atoms with Crippen LogP contribution in [0.1, 0.15) is 31.2 Å². The maximum Gasteiger partial charge on any atom is 0.191 e. The number of aryl methyl sites for hydroxylation is 1. The third kappa shape index (κ3) is 7.60. The normalized spacial score (nSPS) is 13.5. The third-order valence-electron chi connectivity index (χ3n) is 2.87. The molecule has 0 amide bonds. The minimum absolute atomic E-state index is 0. The van der Waals surface area contributed by atoms with Crippen LogP contribution in [0.25, 0.3) is 0 Å². The van der Waals surface area contributed by atoms with Crippen molar-refractivity contribution in [3.8, 4) is 0 Å². The summed E-state index contributed by atoms with van der Waals surface area (Å²) >= 11 is 1.74. The zero-order chi connectivity index (χ0) is 15.2. The molecule has 2 N–H and O–H groups in total. The highest BCUT2D eigenvalue weighted by Gasteiger charge is 2.18. The van der Waals surface area contributed by atoms with Crippen LogP contribution in [-0.4, -0.2) is 34.3 Å². The predicted octanol–water partition coefficient (Wildman–Crippen LogP) is 2.89. The molecular weight excluding hydrogens is 417 g/mol. The van der Waals surface area contributed by atoms with Gasteiger partial charge in [0.05, 0.1) is 6.54 Å². The molecule has 0 spiro atoms. The lowest BCUT2D eigenvalue weighted by Gasteiger charge is -2.18. The van der Waals surface area contributed by atoms with Crippen LogP contribution in [0.4, 0.5) is 0 Å². The Kier molecular flexibility index (Phi) is 9.71. The first-order chi connectivity index (χ1) is 9.34. The van der Waals surface area contributed by atoms with E-state index < -0.39 is 10.8 Å². The average molecular weight is 443 g/mol. The second-order valence-electron chi connectivity index (χ2n) is 5.54. The Morgan fingerprint density at radius 3 is 2.52 bits per heavy atom. The van der Waals surface area contributed by atoms with Crippen LogP contribution in [0.15, 0.2) is 16.4 Å². The molecule has 122 valence electrons. The van der Waals surface area contributed by atoms with E-state index in [0.29, 0.717) is 12.3 Å². The van der Waals surface area contributed by atoms with E-state index in [0.717, 1.165) is 12.5 Å². The minimum Gasteiger partial charge on any atom is -0.355 e. The van der Waals surface area contributed by atoms with Crippen LogP contribution in [0, 0.1) is 6.92 Å². The first kappa shape index (κ1) is 20.9. The molecular formula is C14H26IN3OS2. The molecule has 1 aromatic heterocycles. The van der Waals surface area contributed by atoms with Gasteiger partial charge in [0.25, 0.3) is 0 Å². The molecule has 0 aliphatic carbocycles. The van der Waals surface area contributed by atoms with Gasteiger partial charge in [-0.1, -0.05) is 0 Å². The van der Waals surface area contributed by atoms with E-state index in [1.807, 2.05) is 20.8 Å². The van der Waals surface area contributed by atoms with Crippen LogP contribution in [0.2, 0.25) is 0 Å². The molecule has 0 fully saturated rings. The van der Waals surface area contributed by atoms with Gasteiger partial charge in [-0.05, 0) is 44.7 Å². The zero-order valence-electron chi connectivity index (χ0n) is 13.4. The van der Waals surface area contributed by atoms with Crippen LogP contribution in [-0.2, 0) is 17.3 Å². The Balaban J connectivity index is 0.00000400. The largest absolute Gasteiger partial charge is 0.355 e. The molecule has 7 heteroatoms. The summed E-state index contributed by atoms with van der Waals surface area (Å²) in [6.45, 7) is 9.52. The Bertz CT molecular complexity index is 481. The summed E-state index contributed by atoms with van der Waals surface area (Å²) in [5.41, 5.74) is 1.30. The molecule has 0 saturated heterocycles. The molecule has 0 bridgehead atoms. The van der Waals surface area contributed by atoms with Gasteiger partial charge >= 0.3 is 0 Å². The van der Waals surface area contributed by atoms with Crippen molar-refractivity contribution in [3.63, 3.8) is 0 Å². The van der Waals surface area contributed by atoms with Crippen LogP contribution < -0.4 is 10.6 Å². The fourth-order valence-electron chi connectivity index (χ4n) is 1.54. The summed E-state index contributed by atoms with van der Waals surface area (Å²) in [7, 11) is 0.911. The summed E-state index contributed by atoms with van der Waals surface area (Å²) in [5, 5.41) is 8.57. The molecule has 1 atom stereocenters. The van der Waals surface area contributed by atoms with E-state index in [1.54, 1.807) is 18.4 Å². The van der Waals surface area contributed by atoms with Gasteiger partial charge in [0.15, 0.2) is 5.96 Å². The van der Waals surface area contributed by atoms with Gasteiger partial charge < -0.3 is 10.6 Å². The summed E-state index contributed by atoms with van der Waals surface area (Å²) < 4.78 is 11.8. The van der Waals surface area contributed by atoms with E-state index in [2.05, 4.69) is 34.0 Å². The van der Waals surface area contributed by atoms with Crippen LogP contribution in [0.3, 0.4) is 0 Å². The summed E-state index contributed by atoms with van der Waals surface area (Å²) in [6, 6.07) is 2.12. The van der Waals surface area contributed by atoms with Gasteiger partial charge in [0.1, 0.15) is 0 Å². The standard InChI is InChI=1S/C14H25N3OS2.HI/c1-11-6-8-19-12(11)10-17-13(15-5)16-7-9-20(18)14(2,3)4;/h6,8H,7,9-10H2,1-5H3,(H2,15,16,17);1H. The molecule has 1 heterocycles. The number of nitrogens with one attached hydrogen (secondary N) is 2. The Morgan fingerprint density at radius 2 is 2.05 bits per heavy atom. The number of thiophene rings is 1. The van der Waals surface area contributed by atoms with E-state index in [1.165, 1.54) is 10.4 Å². The van der Waals surface area contributed by atoms with Crippen molar-refractivity contribution in [2.75, 3.05) is 19.3 Å². The number of guanidine groups is 1. The van der Waals surface area contributed by atoms with Crippen molar-refractivity contribution in [1.82, 2.24) is 10.6 Å². The number of nitrogens with zero attached hydrogens (tertiary/aromatic N) is 1. The molecule has 0 aromatic carbocycles. The van der Waals surface area contributed by atoms with E-state index in [-0.39, 0.29) is 28.7 Å². The molecule has 1 aromatic rings. The number of halogens is 1. The molecule has 0 saturated carbocycles. The molecule has 0 aliphatic rings. The second kappa shape index (κ2) is 9.78. The van der Waals surface area contributed by atoms with Crippen molar-refractivity contribution < 1.29 is 4.21 Å². The van der Waals surface area contributed by atoms with Gasteiger partial charge in [-0.2, -0.15) is 0 Å². The maximum absolute atomic E-state index is 11.9. The maximum atomic E-state index is 11.9. The van der Waals surface area contributed by atoms with Gasteiger partial charge in [-0.3, -0.25) is 9.20 Å². The van der Waals surface area contributed by atoms with E-state index in [4.69, 9.17) is 0 Å². The number of rotatable bonds is 5. The highest BCUT2D eigenvalue weighted by molar-refractivity contribution is 14.0. The zero-order valence-corrected chi connectivity index (χ0v) is 17.3. The Morgan fingerprint density at radius 1 is 1.38 bits per heavy atom. The van der Waals surface area contributed by atoms with Gasteiger partial charge in [0.2, 0.25) is 0 Å². The molecule has 1 rings (SSSR count). The number of hydrogen-bond donors (Lipinski definition) is 2. The third-order valence-corrected chi connectivity index (χ3v) is 5.84. The van der Waals surface area contributed by atoms with Crippen LogP contribution in [0.5, 0.6) is 0 Å². The first-order valence-electron chi connectivity index (χ1n) is 6.70. The minimum atomic E-state index is -0.836. The smallest absolute Gasteiger partial charge is 0.191 e. The van der Waals surface area contributed by atoms with Gasteiger partial charge in [0, 0.05) is 39.8 Å². The molecule has 21 heavy (non-hydrogen) atoms. The number of hydrogen-bond acceptors (Lipinski definition) is 3. The van der Waals surface area contributed by atoms with E-state index >= 15 is 0 Å². The molecule has 4 nitrogen and oxygen atoms in total. The highest BCUT2D eigenvalue weighted by Crippen LogP contribution is 2.14. The highest BCUT2D eigenvalue weighted by atomic mass is 127. The Hall–Kier alpha value is -0.150.